The third kappa shape index (κ3) is 5.89. The summed E-state index contributed by atoms with van der Waals surface area (Å²) in [5, 5.41) is 7.25. The third-order valence-corrected chi connectivity index (χ3v) is 6.55. The molecule has 2 amide bonds. The van der Waals surface area contributed by atoms with Gasteiger partial charge in [-0.2, -0.15) is 0 Å². The SMILES string of the molecule is O=C(CCNS(=O)(=O)c1ccc2ccccc2c1)NCc1cccc(NC(=O)c2ccco2)c1. The van der Waals surface area contributed by atoms with Crippen LogP contribution in [0, 0.1) is 0 Å². The van der Waals surface area contributed by atoms with Crippen molar-refractivity contribution in [1.29, 1.82) is 0 Å². The van der Waals surface area contributed by atoms with Crippen molar-refractivity contribution in [2.24, 2.45) is 0 Å². The van der Waals surface area contributed by atoms with Crippen LogP contribution in [0.25, 0.3) is 10.8 Å². The smallest absolute Gasteiger partial charge is 0.291 e. The van der Waals surface area contributed by atoms with E-state index in [-0.39, 0.29) is 42.0 Å². The van der Waals surface area contributed by atoms with Gasteiger partial charge in [0.25, 0.3) is 5.91 Å². The average Bonchev–Trinajstić information content (AvgIpc) is 3.38. The normalized spacial score (nSPS) is 11.3. The quantitative estimate of drug-likeness (QED) is 0.340. The van der Waals surface area contributed by atoms with Gasteiger partial charge in [0.2, 0.25) is 15.9 Å². The van der Waals surface area contributed by atoms with E-state index in [9.17, 15) is 18.0 Å². The first-order chi connectivity index (χ1) is 16.4. The molecule has 0 unspecified atom stereocenters. The molecule has 9 heteroatoms. The molecule has 0 aliphatic rings. The number of benzene rings is 3. The zero-order chi connectivity index (χ0) is 24.0. The summed E-state index contributed by atoms with van der Waals surface area (Å²) in [7, 11) is -3.73. The molecule has 0 bridgehead atoms. The van der Waals surface area contributed by atoms with E-state index < -0.39 is 10.0 Å². The van der Waals surface area contributed by atoms with E-state index in [0.717, 1.165) is 16.3 Å². The van der Waals surface area contributed by atoms with Gasteiger partial charge in [0, 0.05) is 25.2 Å². The Morgan fingerprint density at radius 1 is 0.853 bits per heavy atom. The van der Waals surface area contributed by atoms with E-state index in [2.05, 4.69) is 15.4 Å². The van der Waals surface area contributed by atoms with Crippen molar-refractivity contribution in [1.82, 2.24) is 10.0 Å². The molecule has 1 aromatic heterocycles. The van der Waals surface area contributed by atoms with Crippen LogP contribution in [0.5, 0.6) is 0 Å². The lowest BCUT2D eigenvalue weighted by molar-refractivity contribution is -0.121. The number of rotatable bonds is 9. The van der Waals surface area contributed by atoms with Crippen LogP contribution in [0.15, 0.2) is 94.4 Å². The molecule has 4 aromatic rings. The van der Waals surface area contributed by atoms with Gasteiger partial charge in [0.05, 0.1) is 11.2 Å². The third-order valence-electron chi connectivity index (χ3n) is 5.09. The van der Waals surface area contributed by atoms with E-state index in [0.29, 0.717) is 5.69 Å². The highest BCUT2D eigenvalue weighted by Crippen LogP contribution is 2.19. The Bertz CT molecular complexity index is 1420. The predicted molar refractivity (Wildman–Crippen MR) is 129 cm³/mol. The summed E-state index contributed by atoms with van der Waals surface area (Å²) in [6, 6.07) is 22.6. The fourth-order valence-corrected chi connectivity index (χ4v) is 4.43. The lowest BCUT2D eigenvalue weighted by Crippen LogP contribution is -2.30. The first-order valence-corrected chi connectivity index (χ1v) is 12.1. The number of hydrogen-bond donors (Lipinski definition) is 3. The molecule has 0 aliphatic carbocycles. The first kappa shape index (κ1) is 23.2. The summed E-state index contributed by atoms with van der Waals surface area (Å²) in [4.78, 5) is 24.4. The summed E-state index contributed by atoms with van der Waals surface area (Å²) in [5.41, 5.74) is 1.35. The minimum atomic E-state index is -3.73. The van der Waals surface area contributed by atoms with E-state index in [1.807, 2.05) is 30.3 Å². The number of fused-ring (bicyclic) bond motifs is 1. The van der Waals surface area contributed by atoms with Crippen LogP contribution in [-0.4, -0.2) is 26.8 Å². The lowest BCUT2D eigenvalue weighted by Gasteiger charge is -2.10. The lowest BCUT2D eigenvalue weighted by atomic mass is 10.1. The van der Waals surface area contributed by atoms with Gasteiger partial charge in [-0.1, -0.05) is 42.5 Å². The Balaban J connectivity index is 1.26. The van der Waals surface area contributed by atoms with Crippen molar-refractivity contribution in [3.8, 4) is 0 Å². The molecular formula is C25H23N3O5S. The van der Waals surface area contributed by atoms with Crippen LogP contribution in [0.1, 0.15) is 22.5 Å². The van der Waals surface area contributed by atoms with Crippen LogP contribution < -0.4 is 15.4 Å². The van der Waals surface area contributed by atoms with Crippen molar-refractivity contribution >= 4 is 38.3 Å². The predicted octanol–water partition coefficient (Wildman–Crippen LogP) is 3.67. The van der Waals surface area contributed by atoms with Gasteiger partial charge in [-0.3, -0.25) is 9.59 Å². The monoisotopic (exact) mass is 477 g/mol. The number of carbonyl (C=O) groups is 2. The summed E-state index contributed by atoms with van der Waals surface area (Å²) in [5.74, 6) is -0.471. The van der Waals surface area contributed by atoms with Gasteiger partial charge in [-0.25, -0.2) is 13.1 Å². The Morgan fingerprint density at radius 2 is 1.68 bits per heavy atom. The summed E-state index contributed by atoms with van der Waals surface area (Å²) in [6.07, 6.45) is 1.41. The minimum absolute atomic E-state index is 0.0122. The standard InChI is InChI=1S/C25H23N3O5S/c29-24(12-13-27-34(31,32)22-11-10-19-6-1-2-7-20(19)16-22)26-17-18-5-3-8-21(15-18)28-25(30)23-9-4-14-33-23/h1-11,14-16,27H,12-13,17H2,(H,26,29)(H,28,30). The Morgan fingerprint density at radius 3 is 2.47 bits per heavy atom. The number of furan rings is 1. The minimum Gasteiger partial charge on any atom is -0.459 e. The molecule has 0 saturated carbocycles. The van der Waals surface area contributed by atoms with Crippen molar-refractivity contribution in [3.05, 3.63) is 96.4 Å². The van der Waals surface area contributed by atoms with Crippen LogP contribution in [-0.2, 0) is 21.4 Å². The maximum Gasteiger partial charge on any atom is 0.291 e. The highest BCUT2D eigenvalue weighted by molar-refractivity contribution is 7.89. The fourth-order valence-electron chi connectivity index (χ4n) is 3.37. The Labute approximate surface area is 197 Å². The molecule has 174 valence electrons. The molecule has 1 heterocycles. The maximum atomic E-state index is 12.6. The van der Waals surface area contributed by atoms with Crippen LogP contribution in [0.3, 0.4) is 0 Å². The van der Waals surface area contributed by atoms with E-state index in [1.54, 1.807) is 48.5 Å². The van der Waals surface area contributed by atoms with Gasteiger partial charge in [0.15, 0.2) is 5.76 Å². The number of nitrogens with one attached hydrogen (secondary N) is 3. The van der Waals surface area contributed by atoms with Gasteiger partial charge < -0.3 is 15.1 Å². The molecule has 0 saturated heterocycles. The summed E-state index contributed by atoms with van der Waals surface area (Å²) in [6.45, 7) is 0.209. The maximum absolute atomic E-state index is 12.6. The molecule has 3 N–H and O–H groups in total. The van der Waals surface area contributed by atoms with Gasteiger partial charge in [-0.15, -0.1) is 0 Å². The number of sulfonamides is 1. The molecule has 0 fully saturated rings. The molecule has 0 radical (unpaired) electrons. The molecule has 0 atom stereocenters. The van der Waals surface area contributed by atoms with Gasteiger partial charge in [-0.05, 0) is 52.7 Å². The molecule has 0 aliphatic heterocycles. The first-order valence-electron chi connectivity index (χ1n) is 10.6. The number of hydrogen-bond acceptors (Lipinski definition) is 5. The largest absolute Gasteiger partial charge is 0.459 e. The van der Waals surface area contributed by atoms with Crippen molar-refractivity contribution in [3.63, 3.8) is 0 Å². The van der Waals surface area contributed by atoms with E-state index >= 15 is 0 Å². The molecule has 4 rings (SSSR count). The summed E-state index contributed by atoms with van der Waals surface area (Å²) >= 11 is 0. The second-order valence-electron chi connectivity index (χ2n) is 7.57. The molecule has 8 nitrogen and oxygen atoms in total. The Hall–Kier alpha value is -3.95. The highest BCUT2D eigenvalue weighted by atomic mass is 32.2. The van der Waals surface area contributed by atoms with Crippen LogP contribution >= 0.6 is 0 Å². The van der Waals surface area contributed by atoms with Gasteiger partial charge >= 0.3 is 0 Å². The Kier molecular flexibility index (Phi) is 7.05. The van der Waals surface area contributed by atoms with Crippen LogP contribution in [0.4, 0.5) is 5.69 Å². The van der Waals surface area contributed by atoms with Crippen molar-refractivity contribution < 1.29 is 22.4 Å². The van der Waals surface area contributed by atoms with Crippen molar-refractivity contribution in [2.45, 2.75) is 17.9 Å². The van der Waals surface area contributed by atoms with E-state index in [1.165, 1.54) is 6.26 Å². The van der Waals surface area contributed by atoms with Crippen LogP contribution in [0.2, 0.25) is 0 Å². The molecule has 0 spiro atoms. The zero-order valence-electron chi connectivity index (χ0n) is 18.2. The molecule has 34 heavy (non-hydrogen) atoms. The molecule has 3 aromatic carbocycles. The molecular weight excluding hydrogens is 454 g/mol. The number of anilines is 1. The highest BCUT2D eigenvalue weighted by Gasteiger charge is 2.15. The topological polar surface area (TPSA) is 118 Å². The number of amides is 2. The number of carbonyl (C=O) groups excluding carboxylic acids is 2. The van der Waals surface area contributed by atoms with E-state index in [4.69, 9.17) is 4.42 Å². The van der Waals surface area contributed by atoms with Gasteiger partial charge in [0.1, 0.15) is 0 Å². The zero-order valence-corrected chi connectivity index (χ0v) is 19.0. The summed E-state index contributed by atoms with van der Waals surface area (Å²) < 4.78 is 32.7. The second-order valence-corrected chi connectivity index (χ2v) is 9.33. The van der Waals surface area contributed by atoms with Crippen molar-refractivity contribution in [2.75, 3.05) is 11.9 Å². The second kappa shape index (κ2) is 10.3. The fraction of sp³-hybridized carbons (Fsp3) is 0.120. The average molecular weight is 478 g/mol.